The molecule has 0 spiro atoms. The van der Waals surface area contributed by atoms with Gasteiger partial charge in [-0.2, -0.15) is 5.10 Å². The van der Waals surface area contributed by atoms with Crippen molar-refractivity contribution in [2.75, 3.05) is 0 Å². The number of rotatable bonds is 5. The molecule has 1 heterocycles. The van der Waals surface area contributed by atoms with E-state index in [-0.39, 0.29) is 0 Å². The lowest BCUT2D eigenvalue weighted by Crippen LogP contribution is -2.32. The molecule has 2 aromatic carbocycles. The Balaban J connectivity index is 1.98. The van der Waals surface area contributed by atoms with Gasteiger partial charge in [-0.3, -0.25) is 4.79 Å². The van der Waals surface area contributed by atoms with Crippen LogP contribution in [0.3, 0.4) is 0 Å². The Morgan fingerprint density at radius 1 is 1.25 bits per heavy atom. The maximum Gasteiger partial charge on any atom is 0.349 e. The number of aliphatic carboxylic acids is 1. The van der Waals surface area contributed by atoms with Crippen LogP contribution in [0.25, 0.3) is 10.9 Å². The highest BCUT2D eigenvalue weighted by Crippen LogP contribution is 2.35. The van der Waals surface area contributed by atoms with Crippen molar-refractivity contribution in [3.05, 3.63) is 71.7 Å². The van der Waals surface area contributed by atoms with Gasteiger partial charge in [0.1, 0.15) is 5.75 Å². The first-order valence-corrected chi connectivity index (χ1v) is 9.53. The number of aromatic nitrogens is 2. The number of hydrogen-bond acceptors (Lipinski definition) is 5. The van der Waals surface area contributed by atoms with Crippen LogP contribution >= 0.6 is 31.9 Å². The molecule has 0 unspecified atom stereocenters. The van der Waals surface area contributed by atoms with Crippen LogP contribution in [-0.4, -0.2) is 33.1 Å². The summed E-state index contributed by atoms with van der Waals surface area (Å²) in [4.78, 5) is 38.2. The van der Waals surface area contributed by atoms with E-state index in [2.05, 4.69) is 41.9 Å². The fraction of sp³-hybridized carbons (Fsp3) is 0.111. The lowest BCUT2D eigenvalue weighted by atomic mass is 10.2. The maximum absolute atomic E-state index is 12.5. The van der Waals surface area contributed by atoms with Crippen LogP contribution in [0.1, 0.15) is 12.5 Å². The molecule has 1 atom stereocenters. The van der Waals surface area contributed by atoms with Crippen molar-refractivity contribution in [3.63, 3.8) is 0 Å². The van der Waals surface area contributed by atoms with Gasteiger partial charge in [0.05, 0.1) is 26.1 Å². The minimum absolute atomic E-state index is 0.313. The average molecular weight is 511 g/mol. The number of halogens is 2. The zero-order chi connectivity index (χ0) is 20.4. The third kappa shape index (κ3) is 4.07. The molecule has 0 radical (unpaired) electrons. The Morgan fingerprint density at radius 3 is 2.54 bits per heavy atom. The van der Waals surface area contributed by atoms with Crippen LogP contribution in [0.15, 0.2) is 60.0 Å². The van der Waals surface area contributed by atoms with Crippen molar-refractivity contribution >= 4 is 54.9 Å². The molecule has 0 bridgehead atoms. The molecule has 144 valence electrons. The van der Waals surface area contributed by atoms with E-state index >= 15 is 0 Å². The minimum atomic E-state index is -1.10. The number of ether oxygens (including phenoxy) is 1. The van der Waals surface area contributed by atoms with Crippen LogP contribution in [-0.2, 0) is 4.79 Å². The molecular formula is C18H13Br2N3O5. The van der Waals surface area contributed by atoms with Gasteiger partial charge in [-0.05, 0) is 68.6 Å². The molecule has 0 saturated heterocycles. The Bertz CT molecular complexity index is 1190. The van der Waals surface area contributed by atoms with Gasteiger partial charge in [-0.1, -0.05) is 12.1 Å². The summed E-state index contributed by atoms with van der Waals surface area (Å²) in [6.45, 7) is 1.41. The summed E-state index contributed by atoms with van der Waals surface area (Å²) in [5, 5.41) is 13.3. The van der Waals surface area contributed by atoms with E-state index in [1.807, 2.05) is 0 Å². The molecule has 3 rings (SSSR count). The summed E-state index contributed by atoms with van der Waals surface area (Å²) >= 11 is 6.63. The fourth-order valence-corrected chi connectivity index (χ4v) is 3.78. The molecule has 0 aliphatic rings. The number of nitrogens with one attached hydrogen (secondary N) is 1. The second kappa shape index (κ2) is 8.11. The Labute approximate surface area is 174 Å². The highest BCUT2D eigenvalue weighted by molar-refractivity contribution is 9.11. The van der Waals surface area contributed by atoms with Crippen molar-refractivity contribution < 1.29 is 14.6 Å². The van der Waals surface area contributed by atoms with Crippen molar-refractivity contribution in [2.45, 2.75) is 13.0 Å². The lowest BCUT2D eigenvalue weighted by molar-refractivity contribution is -0.144. The van der Waals surface area contributed by atoms with Crippen LogP contribution in [0.2, 0.25) is 0 Å². The minimum Gasteiger partial charge on any atom is -0.479 e. The summed E-state index contributed by atoms with van der Waals surface area (Å²) in [5.41, 5.74) is -0.214. The van der Waals surface area contributed by atoms with Gasteiger partial charge in [-0.25, -0.2) is 9.59 Å². The van der Waals surface area contributed by atoms with Gasteiger partial charge in [0.15, 0.2) is 6.10 Å². The molecule has 8 nitrogen and oxygen atoms in total. The highest BCUT2D eigenvalue weighted by Gasteiger charge is 2.17. The van der Waals surface area contributed by atoms with E-state index in [0.717, 1.165) is 4.68 Å². The molecule has 0 amide bonds. The molecule has 0 fully saturated rings. The second-order valence-electron chi connectivity index (χ2n) is 5.75. The van der Waals surface area contributed by atoms with E-state index in [0.29, 0.717) is 31.2 Å². The summed E-state index contributed by atoms with van der Waals surface area (Å²) in [6, 6.07) is 9.90. The first-order chi connectivity index (χ1) is 13.3. The van der Waals surface area contributed by atoms with Crippen LogP contribution in [0, 0.1) is 0 Å². The monoisotopic (exact) mass is 509 g/mol. The molecular weight excluding hydrogens is 498 g/mol. The van der Waals surface area contributed by atoms with Crippen molar-refractivity contribution in [3.8, 4) is 5.75 Å². The third-order valence-corrected chi connectivity index (χ3v) is 4.95. The molecule has 1 aromatic heterocycles. The van der Waals surface area contributed by atoms with Crippen molar-refractivity contribution in [2.24, 2.45) is 5.10 Å². The molecule has 10 heteroatoms. The average Bonchev–Trinajstić information content (AvgIpc) is 2.64. The van der Waals surface area contributed by atoms with Crippen LogP contribution < -0.4 is 16.0 Å². The van der Waals surface area contributed by atoms with E-state index in [1.165, 1.54) is 13.1 Å². The number of aromatic amines is 1. The van der Waals surface area contributed by atoms with Crippen molar-refractivity contribution in [1.82, 2.24) is 9.66 Å². The number of carboxylic acid groups (broad SMARTS) is 1. The molecule has 3 aromatic rings. The first-order valence-electron chi connectivity index (χ1n) is 7.95. The zero-order valence-electron chi connectivity index (χ0n) is 14.3. The zero-order valence-corrected chi connectivity index (χ0v) is 17.5. The quantitative estimate of drug-likeness (QED) is 0.512. The number of benzene rings is 2. The fourth-order valence-electron chi connectivity index (χ4n) is 2.38. The predicted molar refractivity (Wildman–Crippen MR) is 111 cm³/mol. The topological polar surface area (TPSA) is 114 Å². The van der Waals surface area contributed by atoms with Crippen molar-refractivity contribution in [1.29, 1.82) is 0 Å². The molecule has 0 saturated carbocycles. The maximum atomic E-state index is 12.5. The summed E-state index contributed by atoms with van der Waals surface area (Å²) in [6.07, 6.45) is 0.299. The van der Waals surface area contributed by atoms with Gasteiger partial charge >= 0.3 is 11.7 Å². The predicted octanol–water partition coefficient (Wildman–Crippen LogP) is 2.95. The van der Waals surface area contributed by atoms with Crippen LogP contribution in [0.4, 0.5) is 0 Å². The number of H-pyrrole nitrogens is 1. The lowest BCUT2D eigenvalue weighted by Gasteiger charge is -2.14. The Kier molecular flexibility index (Phi) is 5.80. The Morgan fingerprint density at radius 2 is 1.89 bits per heavy atom. The number of fused-ring (bicyclic) bond motifs is 1. The largest absolute Gasteiger partial charge is 0.479 e. The number of hydrogen-bond donors (Lipinski definition) is 2. The summed E-state index contributed by atoms with van der Waals surface area (Å²) in [7, 11) is 0. The van der Waals surface area contributed by atoms with E-state index in [4.69, 9.17) is 9.84 Å². The third-order valence-electron chi connectivity index (χ3n) is 3.77. The molecule has 0 aliphatic heterocycles. The second-order valence-corrected chi connectivity index (χ2v) is 7.46. The van der Waals surface area contributed by atoms with Gasteiger partial charge in [0.25, 0.3) is 5.56 Å². The highest BCUT2D eigenvalue weighted by atomic mass is 79.9. The first kappa shape index (κ1) is 20.0. The van der Waals surface area contributed by atoms with Crippen LogP contribution in [0.5, 0.6) is 5.75 Å². The number of carbonyl (C=O) groups is 1. The van der Waals surface area contributed by atoms with E-state index in [1.54, 1.807) is 36.4 Å². The number of para-hydroxylation sites is 1. The normalized spacial score (nSPS) is 12.4. The standard InChI is InChI=1S/C18H13Br2N3O5/c1-9(17(25)26)28-15-12(19)6-10(7-13(15)20)8-21-23-16(24)11-4-2-3-5-14(11)22-18(23)27/h2-9H,1H3,(H,22,27)(H,25,26)/t9-/m1/s1. The van der Waals surface area contributed by atoms with E-state index < -0.39 is 23.3 Å². The molecule has 0 aliphatic carbocycles. The Hall–Kier alpha value is -2.72. The summed E-state index contributed by atoms with van der Waals surface area (Å²) in [5.74, 6) is -0.785. The van der Waals surface area contributed by atoms with Gasteiger partial charge < -0.3 is 14.8 Å². The van der Waals surface area contributed by atoms with Gasteiger partial charge in [-0.15, -0.1) is 4.68 Å². The van der Waals surface area contributed by atoms with E-state index in [9.17, 15) is 14.4 Å². The smallest absolute Gasteiger partial charge is 0.349 e. The van der Waals surface area contributed by atoms with Gasteiger partial charge in [0, 0.05) is 0 Å². The van der Waals surface area contributed by atoms with Gasteiger partial charge in [0.2, 0.25) is 0 Å². The number of carboxylic acids is 1. The summed E-state index contributed by atoms with van der Waals surface area (Å²) < 4.78 is 7.10. The number of nitrogens with zero attached hydrogens (tertiary/aromatic N) is 2. The SMILES string of the molecule is C[C@@H](Oc1c(Br)cc(C=Nn2c(=O)[nH]c3ccccc3c2=O)cc1Br)C(=O)O. The molecule has 28 heavy (non-hydrogen) atoms. The molecule has 2 N–H and O–H groups in total.